The second-order valence-electron chi connectivity index (χ2n) is 4.43. The van der Waals surface area contributed by atoms with E-state index in [2.05, 4.69) is 5.10 Å². The molecule has 0 aliphatic heterocycles. The van der Waals surface area contributed by atoms with Crippen molar-refractivity contribution >= 4 is 5.97 Å². The number of carboxylic acids is 1. The topological polar surface area (TPSA) is 55.1 Å². The highest BCUT2D eigenvalue weighted by Gasteiger charge is 2.19. The Morgan fingerprint density at radius 3 is 2.32 bits per heavy atom. The molecular formula is C13H12F2N2O2. The van der Waals surface area contributed by atoms with Crippen molar-refractivity contribution in [2.75, 3.05) is 0 Å². The quantitative estimate of drug-likeness (QED) is 0.928. The van der Waals surface area contributed by atoms with Crippen LogP contribution < -0.4 is 0 Å². The van der Waals surface area contributed by atoms with Crippen molar-refractivity contribution in [2.24, 2.45) is 0 Å². The first kappa shape index (κ1) is 13.2. The van der Waals surface area contributed by atoms with E-state index < -0.39 is 17.6 Å². The molecule has 100 valence electrons. The molecule has 6 heteroatoms. The fourth-order valence-corrected chi connectivity index (χ4v) is 1.72. The highest BCUT2D eigenvalue weighted by molar-refractivity contribution is 5.94. The Morgan fingerprint density at radius 1 is 1.26 bits per heavy atom. The number of hydrogen-bond donors (Lipinski definition) is 1. The Hall–Kier alpha value is -2.24. The Bertz CT molecular complexity index is 615. The normalized spacial score (nSPS) is 11.0. The molecule has 2 aromatic rings. The van der Waals surface area contributed by atoms with Gasteiger partial charge in [-0.25, -0.2) is 13.6 Å². The van der Waals surface area contributed by atoms with Crippen LogP contribution in [0.4, 0.5) is 8.78 Å². The van der Waals surface area contributed by atoms with E-state index in [4.69, 9.17) is 5.11 Å². The molecule has 1 heterocycles. The molecule has 0 aliphatic rings. The van der Waals surface area contributed by atoms with Crippen molar-refractivity contribution in [1.29, 1.82) is 0 Å². The first-order chi connectivity index (χ1) is 8.88. The number of rotatable bonds is 3. The fourth-order valence-electron chi connectivity index (χ4n) is 1.72. The van der Waals surface area contributed by atoms with Crippen LogP contribution in [0.25, 0.3) is 11.3 Å². The first-order valence-corrected chi connectivity index (χ1v) is 5.67. The summed E-state index contributed by atoms with van der Waals surface area (Å²) in [4.78, 5) is 11.2. The zero-order valence-electron chi connectivity index (χ0n) is 10.4. The smallest absolute Gasteiger partial charge is 0.339 e. The number of benzene rings is 1. The maximum absolute atomic E-state index is 13.2. The van der Waals surface area contributed by atoms with Gasteiger partial charge in [-0.1, -0.05) is 0 Å². The van der Waals surface area contributed by atoms with E-state index in [0.717, 1.165) is 18.2 Å². The largest absolute Gasteiger partial charge is 0.478 e. The summed E-state index contributed by atoms with van der Waals surface area (Å²) in [6.45, 7) is 3.66. The summed E-state index contributed by atoms with van der Waals surface area (Å²) >= 11 is 0. The number of carboxylic acid groups (broad SMARTS) is 1. The molecule has 0 amide bonds. The van der Waals surface area contributed by atoms with Crippen LogP contribution in [0, 0.1) is 11.6 Å². The van der Waals surface area contributed by atoms with Gasteiger partial charge in [0.05, 0.1) is 0 Å². The molecule has 0 bridgehead atoms. The van der Waals surface area contributed by atoms with E-state index in [9.17, 15) is 13.6 Å². The average Bonchev–Trinajstić information content (AvgIpc) is 2.72. The summed E-state index contributed by atoms with van der Waals surface area (Å²) in [5.74, 6) is -2.73. The highest BCUT2D eigenvalue weighted by atomic mass is 19.1. The molecular weight excluding hydrogens is 254 g/mol. The van der Waals surface area contributed by atoms with Crippen molar-refractivity contribution < 1.29 is 18.7 Å². The Balaban J connectivity index is 2.62. The maximum Gasteiger partial charge on any atom is 0.339 e. The van der Waals surface area contributed by atoms with E-state index in [1.54, 1.807) is 0 Å². The lowest BCUT2D eigenvalue weighted by molar-refractivity contribution is 0.0697. The summed E-state index contributed by atoms with van der Waals surface area (Å²) in [5, 5.41) is 13.2. The standard InChI is InChI=1S/C13H12F2N2O2/c1-7(2)17-6-11(13(18)19)12(16-17)8-3-9(14)5-10(15)4-8/h3-7H,1-2H3,(H,18,19). The van der Waals surface area contributed by atoms with Crippen LogP contribution in [0.5, 0.6) is 0 Å². The molecule has 0 atom stereocenters. The third-order valence-corrected chi connectivity index (χ3v) is 2.63. The Kier molecular flexibility index (Phi) is 3.33. The molecule has 0 aliphatic carbocycles. The van der Waals surface area contributed by atoms with Crippen molar-refractivity contribution in [2.45, 2.75) is 19.9 Å². The minimum Gasteiger partial charge on any atom is -0.478 e. The molecule has 4 nitrogen and oxygen atoms in total. The van der Waals surface area contributed by atoms with Gasteiger partial charge in [0.25, 0.3) is 0 Å². The summed E-state index contributed by atoms with van der Waals surface area (Å²) in [6, 6.07) is 2.79. The van der Waals surface area contributed by atoms with Gasteiger partial charge >= 0.3 is 5.97 Å². The molecule has 0 fully saturated rings. The number of nitrogens with zero attached hydrogens (tertiary/aromatic N) is 2. The van der Waals surface area contributed by atoms with Gasteiger partial charge in [-0.05, 0) is 26.0 Å². The molecule has 0 unspecified atom stereocenters. The van der Waals surface area contributed by atoms with E-state index in [1.807, 2.05) is 13.8 Å². The number of hydrogen-bond acceptors (Lipinski definition) is 2. The van der Waals surface area contributed by atoms with Crippen molar-refractivity contribution in [3.05, 3.63) is 41.6 Å². The van der Waals surface area contributed by atoms with Gasteiger partial charge in [-0.2, -0.15) is 5.10 Å². The van der Waals surface area contributed by atoms with Gasteiger partial charge in [0.15, 0.2) is 0 Å². The molecule has 0 spiro atoms. The third-order valence-electron chi connectivity index (χ3n) is 2.63. The van der Waals surface area contributed by atoms with E-state index in [1.165, 1.54) is 10.9 Å². The van der Waals surface area contributed by atoms with E-state index >= 15 is 0 Å². The zero-order chi connectivity index (χ0) is 14.2. The predicted molar refractivity (Wildman–Crippen MR) is 64.9 cm³/mol. The second kappa shape index (κ2) is 4.79. The van der Waals surface area contributed by atoms with Crippen LogP contribution in [0.15, 0.2) is 24.4 Å². The Morgan fingerprint density at radius 2 is 1.84 bits per heavy atom. The van der Waals surface area contributed by atoms with Gasteiger partial charge in [0.2, 0.25) is 0 Å². The Labute approximate surface area is 108 Å². The summed E-state index contributed by atoms with van der Waals surface area (Å²) in [6.07, 6.45) is 1.35. The fraction of sp³-hybridized carbons (Fsp3) is 0.231. The van der Waals surface area contributed by atoms with Crippen LogP contribution in [-0.4, -0.2) is 20.9 Å². The van der Waals surface area contributed by atoms with Gasteiger partial charge in [0.1, 0.15) is 22.9 Å². The average molecular weight is 266 g/mol. The SMILES string of the molecule is CC(C)n1cc(C(=O)O)c(-c2cc(F)cc(F)c2)n1. The van der Waals surface area contributed by atoms with Crippen LogP contribution in [-0.2, 0) is 0 Å². The van der Waals surface area contributed by atoms with Gasteiger partial charge in [0, 0.05) is 23.9 Å². The molecule has 0 saturated carbocycles. The molecule has 1 aromatic carbocycles. The molecule has 19 heavy (non-hydrogen) atoms. The van der Waals surface area contributed by atoms with E-state index in [-0.39, 0.29) is 22.9 Å². The monoisotopic (exact) mass is 266 g/mol. The second-order valence-corrected chi connectivity index (χ2v) is 4.43. The highest BCUT2D eigenvalue weighted by Crippen LogP contribution is 2.25. The minimum atomic E-state index is -1.19. The molecule has 1 aromatic heterocycles. The van der Waals surface area contributed by atoms with Crippen LogP contribution in [0.2, 0.25) is 0 Å². The predicted octanol–water partition coefficient (Wildman–Crippen LogP) is 3.11. The molecule has 0 radical (unpaired) electrons. The summed E-state index contributed by atoms with van der Waals surface area (Å²) in [7, 11) is 0. The van der Waals surface area contributed by atoms with Crippen molar-refractivity contribution in [3.63, 3.8) is 0 Å². The maximum atomic E-state index is 13.2. The van der Waals surface area contributed by atoms with Crippen molar-refractivity contribution in [1.82, 2.24) is 9.78 Å². The summed E-state index contributed by atoms with van der Waals surface area (Å²) < 4.78 is 27.8. The lowest BCUT2D eigenvalue weighted by Crippen LogP contribution is -2.00. The zero-order valence-corrected chi connectivity index (χ0v) is 10.4. The summed E-state index contributed by atoms with van der Waals surface area (Å²) in [5.41, 5.74) is 0.0765. The van der Waals surface area contributed by atoms with Gasteiger partial charge in [-0.3, -0.25) is 4.68 Å². The van der Waals surface area contributed by atoms with Crippen LogP contribution in [0.3, 0.4) is 0 Å². The van der Waals surface area contributed by atoms with Gasteiger partial charge < -0.3 is 5.11 Å². The van der Waals surface area contributed by atoms with Crippen LogP contribution in [0.1, 0.15) is 30.2 Å². The van der Waals surface area contributed by atoms with Crippen LogP contribution >= 0.6 is 0 Å². The van der Waals surface area contributed by atoms with E-state index in [0.29, 0.717) is 0 Å². The first-order valence-electron chi connectivity index (χ1n) is 5.67. The minimum absolute atomic E-state index is 0.0507. The number of aromatic nitrogens is 2. The lowest BCUT2D eigenvalue weighted by atomic mass is 10.1. The number of aromatic carboxylic acids is 1. The third kappa shape index (κ3) is 2.62. The van der Waals surface area contributed by atoms with Gasteiger partial charge in [-0.15, -0.1) is 0 Å². The van der Waals surface area contributed by atoms with Crippen molar-refractivity contribution in [3.8, 4) is 11.3 Å². The lowest BCUT2D eigenvalue weighted by Gasteiger charge is -2.03. The number of halogens is 2. The molecule has 0 saturated heterocycles. The number of carbonyl (C=O) groups is 1. The molecule has 2 rings (SSSR count). The molecule has 1 N–H and O–H groups in total.